The summed E-state index contributed by atoms with van der Waals surface area (Å²) < 4.78 is 14.0. The quantitative estimate of drug-likeness (QED) is 0.721. The van der Waals surface area contributed by atoms with Gasteiger partial charge >= 0.3 is 0 Å². The first-order chi connectivity index (χ1) is 9.61. The predicted molar refractivity (Wildman–Crippen MR) is 80.4 cm³/mol. The Bertz CT molecular complexity index is 797. The molecular weight excluding hydrogens is 323 g/mol. The van der Waals surface area contributed by atoms with E-state index in [0.29, 0.717) is 16.9 Å². The van der Waals surface area contributed by atoms with Gasteiger partial charge in [-0.15, -0.1) is 0 Å². The molecule has 0 unspecified atom stereocenters. The minimum absolute atomic E-state index is 0.264. The number of benzene rings is 2. The van der Waals surface area contributed by atoms with Crippen molar-refractivity contribution >= 4 is 38.4 Å². The van der Waals surface area contributed by atoms with E-state index in [-0.39, 0.29) is 11.7 Å². The molecule has 0 atom stereocenters. The molecule has 20 heavy (non-hydrogen) atoms. The number of nitrogens with one attached hydrogen (secondary N) is 2. The Kier molecular flexibility index (Phi) is 3.28. The molecule has 0 saturated heterocycles. The van der Waals surface area contributed by atoms with Crippen molar-refractivity contribution in [2.45, 2.75) is 0 Å². The number of halogens is 2. The average Bonchev–Trinajstić information content (AvgIpc) is 2.81. The standard InChI is InChI=1S/C15H10BrFN2O/c16-10-2-1-3-12(7-10)18-15(20)14-6-9-4-5-11(17)8-13(9)19-14/h1-8,19H,(H,18,20). The number of aromatic amines is 1. The Morgan fingerprint density at radius 1 is 1.15 bits per heavy atom. The van der Waals surface area contributed by atoms with Crippen molar-refractivity contribution in [2.75, 3.05) is 5.32 Å². The van der Waals surface area contributed by atoms with Gasteiger partial charge < -0.3 is 10.3 Å². The Labute approximate surface area is 122 Å². The summed E-state index contributed by atoms with van der Waals surface area (Å²) in [5.74, 6) is -0.599. The SMILES string of the molecule is O=C(Nc1cccc(Br)c1)c1cc2ccc(F)cc2[nH]1. The summed E-state index contributed by atoms with van der Waals surface area (Å²) >= 11 is 3.34. The fourth-order valence-corrected chi connectivity index (χ4v) is 2.39. The molecule has 3 aromatic rings. The maximum Gasteiger partial charge on any atom is 0.272 e. The van der Waals surface area contributed by atoms with Crippen LogP contribution in [-0.4, -0.2) is 10.9 Å². The smallest absolute Gasteiger partial charge is 0.272 e. The maximum atomic E-state index is 13.1. The molecule has 1 amide bonds. The molecule has 2 aromatic carbocycles. The van der Waals surface area contributed by atoms with E-state index >= 15 is 0 Å². The number of rotatable bonds is 2. The molecule has 0 spiro atoms. The molecule has 3 nitrogen and oxygen atoms in total. The predicted octanol–water partition coefficient (Wildman–Crippen LogP) is 4.32. The van der Waals surface area contributed by atoms with Gasteiger partial charge in [0, 0.05) is 21.1 Å². The van der Waals surface area contributed by atoms with Gasteiger partial charge in [-0.25, -0.2) is 4.39 Å². The molecule has 1 aromatic heterocycles. The normalized spacial score (nSPS) is 10.7. The number of hydrogen-bond acceptors (Lipinski definition) is 1. The number of anilines is 1. The second kappa shape index (κ2) is 5.09. The summed E-state index contributed by atoms with van der Waals surface area (Å²) in [4.78, 5) is 15.0. The Hall–Kier alpha value is -2.14. The third-order valence-electron chi connectivity index (χ3n) is 2.91. The zero-order valence-corrected chi connectivity index (χ0v) is 11.9. The topological polar surface area (TPSA) is 44.9 Å². The van der Waals surface area contributed by atoms with Gasteiger partial charge in [-0.1, -0.05) is 22.0 Å². The summed E-state index contributed by atoms with van der Waals surface area (Å²) in [6.07, 6.45) is 0. The van der Waals surface area contributed by atoms with Gasteiger partial charge in [0.2, 0.25) is 0 Å². The van der Waals surface area contributed by atoms with Gasteiger partial charge in [0.05, 0.1) is 0 Å². The zero-order chi connectivity index (χ0) is 14.1. The van der Waals surface area contributed by atoms with Crippen LogP contribution in [0.1, 0.15) is 10.5 Å². The summed E-state index contributed by atoms with van der Waals surface area (Å²) in [7, 11) is 0. The van der Waals surface area contributed by atoms with Crippen LogP contribution in [0.5, 0.6) is 0 Å². The number of hydrogen-bond donors (Lipinski definition) is 2. The highest BCUT2D eigenvalue weighted by molar-refractivity contribution is 9.10. The molecule has 0 aliphatic rings. The molecule has 3 rings (SSSR count). The highest BCUT2D eigenvalue weighted by Crippen LogP contribution is 2.19. The van der Waals surface area contributed by atoms with E-state index in [1.807, 2.05) is 12.1 Å². The van der Waals surface area contributed by atoms with Crippen LogP contribution in [0.25, 0.3) is 10.9 Å². The van der Waals surface area contributed by atoms with E-state index in [2.05, 4.69) is 26.2 Å². The average molecular weight is 333 g/mol. The first-order valence-electron chi connectivity index (χ1n) is 5.97. The molecule has 1 heterocycles. The van der Waals surface area contributed by atoms with Crippen LogP contribution in [0, 0.1) is 5.82 Å². The van der Waals surface area contributed by atoms with Gasteiger partial charge in [0.15, 0.2) is 0 Å². The lowest BCUT2D eigenvalue weighted by Gasteiger charge is -2.03. The van der Waals surface area contributed by atoms with Crippen molar-refractivity contribution in [2.24, 2.45) is 0 Å². The maximum absolute atomic E-state index is 13.1. The van der Waals surface area contributed by atoms with Gasteiger partial charge in [0.25, 0.3) is 5.91 Å². The second-order valence-electron chi connectivity index (χ2n) is 4.38. The lowest BCUT2D eigenvalue weighted by molar-refractivity contribution is 0.102. The number of H-pyrrole nitrogens is 1. The van der Waals surface area contributed by atoms with Crippen molar-refractivity contribution in [1.29, 1.82) is 0 Å². The van der Waals surface area contributed by atoms with Crippen molar-refractivity contribution < 1.29 is 9.18 Å². The van der Waals surface area contributed by atoms with Crippen molar-refractivity contribution in [1.82, 2.24) is 4.98 Å². The van der Waals surface area contributed by atoms with E-state index in [0.717, 1.165) is 9.86 Å². The highest BCUT2D eigenvalue weighted by Gasteiger charge is 2.10. The summed E-state index contributed by atoms with van der Waals surface area (Å²) in [5, 5.41) is 3.58. The molecule has 0 aliphatic heterocycles. The van der Waals surface area contributed by atoms with E-state index in [9.17, 15) is 9.18 Å². The highest BCUT2D eigenvalue weighted by atomic mass is 79.9. The second-order valence-corrected chi connectivity index (χ2v) is 5.29. The lowest BCUT2D eigenvalue weighted by Crippen LogP contribution is -2.12. The Morgan fingerprint density at radius 2 is 2.00 bits per heavy atom. The van der Waals surface area contributed by atoms with E-state index < -0.39 is 0 Å². The fourth-order valence-electron chi connectivity index (χ4n) is 1.99. The van der Waals surface area contributed by atoms with Crippen LogP contribution in [0.4, 0.5) is 10.1 Å². The van der Waals surface area contributed by atoms with E-state index in [1.54, 1.807) is 24.3 Å². The molecule has 0 aliphatic carbocycles. The van der Waals surface area contributed by atoms with Crippen LogP contribution in [-0.2, 0) is 0 Å². The number of fused-ring (bicyclic) bond motifs is 1. The van der Waals surface area contributed by atoms with Gasteiger partial charge in [-0.05, 0) is 42.5 Å². The first-order valence-corrected chi connectivity index (χ1v) is 6.76. The van der Waals surface area contributed by atoms with E-state index in [4.69, 9.17) is 0 Å². The van der Waals surface area contributed by atoms with Gasteiger partial charge in [0.1, 0.15) is 11.5 Å². The molecule has 0 radical (unpaired) electrons. The molecule has 100 valence electrons. The van der Waals surface area contributed by atoms with Crippen molar-refractivity contribution in [3.63, 3.8) is 0 Å². The molecule has 0 bridgehead atoms. The lowest BCUT2D eigenvalue weighted by atomic mass is 10.2. The molecule has 0 fully saturated rings. The monoisotopic (exact) mass is 332 g/mol. The van der Waals surface area contributed by atoms with Crippen LogP contribution in [0.3, 0.4) is 0 Å². The van der Waals surface area contributed by atoms with Crippen molar-refractivity contribution in [3.05, 3.63) is 64.5 Å². The zero-order valence-electron chi connectivity index (χ0n) is 10.3. The van der Waals surface area contributed by atoms with Crippen LogP contribution < -0.4 is 5.32 Å². The largest absolute Gasteiger partial charge is 0.350 e. The molecule has 2 N–H and O–H groups in total. The number of aromatic nitrogens is 1. The minimum atomic E-state index is -0.335. The Balaban J connectivity index is 1.88. The Morgan fingerprint density at radius 3 is 2.80 bits per heavy atom. The number of carbonyl (C=O) groups excluding carboxylic acids is 1. The van der Waals surface area contributed by atoms with E-state index in [1.165, 1.54) is 12.1 Å². The van der Waals surface area contributed by atoms with Crippen LogP contribution >= 0.6 is 15.9 Å². The summed E-state index contributed by atoms with van der Waals surface area (Å²) in [6, 6.07) is 13.4. The first kappa shape index (κ1) is 12.9. The van der Waals surface area contributed by atoms with Gasteiger partial charge in [-0.3, -0.25) is 4.79 Å². The molecule has 0 saturated carbocycles. The van der Waals surface area contributed by atoms with Crippen LogP contribution in [0.15, 0.2) is 53.0 Å². The summed E-state index contributed by atoms with van der Waals surface area (Å²) in [5.41, 5.74) is 1.68. The van der Waals surface area contributed by atoms with Crippen molar-refractivity contribution in [3.8, 4) is 0 Å². The van der Waals surface area contributed by atoms with Gasteiger partial charge in [-0.2, -0.15) is 0 Å². The minimum Gasteiger partial charge on any atom is -0.350 e. The number of carbonyl (C=O) groups is 1. The van der Waals surface area contributed by atoms with Crippen LogP contribution in [0.2, 0.25) is 0 Å². The third-order valence-corrected chi connectivity index (χ3v) is 3.40. The number of amides is 1. The molecular formula is C15H10BrFN2O. The third kappa shape index (κ3) is 2.58. The molecule has 5 heteroatoms. The summed E-state index contributed by atoms with van der Waals surface area (Å²) in [6.45, 7) is 0. The fraction of sp³-hybridized carbons (Fsp3) is 0.